The second kappa shape index (κ2) is 12.1. The van der Waals surface area contributed by atoms with E-state index in [0.717, 1.165) is 40.3 Å². The van der Waals surface area contributed by atoms with Gasteiger partial charge in [-0.2, -0.15) is 0 Å². The van der Waals surface area contributed by atoms with E-state index in [1.54, 1.807) is 13.8 Å². The second-order valence-electron chi connectivity index (χ2n) is 8.21. The predicted octanol–water partition coefficient (Wildman–Crippen LogP) is 5.25. The molecule has 0 aliphatic heterocycles. The quantitative estimate of drug-likeness (QED) is 0.290. The number of carbonyl (C=O) groups excluding carboxylic acids is 1. The molecule has 3 aromatic carbocycles. The van der Waals surface area contributed by atoms with Crippen LogP contribution in [0.5, 0.6) is 0 Å². The van der Waals surface area contributed by atoms with Gasteiger partial charge in [-0.15, -0.1) is 0 Å². The normalized spacial score (nSPS) is 13.2. The van der Waals surface area contributed by atoms with Gasteiger partial charge in [-0.25, -0.2) is 0 Å². The molecular weight excluding hydrogens is 437 g/mol. The molecule has 176 valence electrons. The van der Waals surface area contributed by atoms with Crippen LogP contribution in [-0.4, -0.2) is 25.2 Å². The molecule has 0 fully saturated rings. The van der Waals surface area contributed by atoms with Crippen molar-refractivity contribution in [3.05, 3.63) is 72.3 Å². The Morgan fingerprint density at radius 3 is 2.45 bits per heavy atom. The topological polar surface area (TPSA) is 87.7 Å². The Bertz CT molecular complexity index is 1100. The molecule has 6 nitrogen and oxygen atoms in total. The molecule has 0 radical (unpaired) electrons. The van der Waals surface area contributed by atoms with Gasteiger partial charge < -0.3 is 19.3 Å². The molecule has 1 amide bonds. The number of hydrogen-bond donors (Lipinski definition) is 1. The summed E-state index contributed by atoms with van der Waals surface area (Å²) >= 11 is 0. The SMILES string of the molecule is CC(C)OP(=O)([O-])OCCCCCNC(=O)Cc1ccc2ccccc2c1-c1ccccc1. The van der Waals surface area contributed by atoms with E-state index >= 15 is 0 Å². The van der Waals surface area contributed by atoms with Crippen molar-refractivity contribution in [2.45, 2.75) is 45.6 Å². The van der Waals surface area contributed by atoms with E-state index in [1.807, 2.05) is 36.4 Å². The number of nitrogens with one attached hydrogen (secondary N) is 1. The number of rotatable bonds is 12. The molecule has 0 aromatic heterocycles. The highest BCUT2D eigenvalue weighted by atomic mass is 31.2. The molecule has 0 heterocycles. The van der Waals surface area contributed by atoms with E-state index < -0.39 is 13.9 Å². The first-order valence-corrected chi connectivity index (χ1v) is 12.8. The zero-order valence-electron chi connectivity index (χ0n) is 19.2. The minimum absolute atomic E-state index is 0.0342. The molecule has 0 aliphatic carbocycles. The molecule has 3 aromatic rings. The van der Waals surface area contributed by atoms with Crippen molar-refractivity contribution in [1.29, 1.82) is 0 Å². The van der Waals surface area contributed by atoms with Crippen LogP contribution >= 0.6 is 7.82 Å². The number of amides is 1. The molecule has 33 heavy (non-hydrogen) atoms. The van der Waals surface area contributed by atoms with E-state index in [4.69, 9.17) is 9.05 Å². The minimum atomic E-state index is -4.23. The van der Waals surface area contributed by atoms with Gasteiger partial charge in [0.2, 0.25) is 5.91 Å². The fraction of sp³-hybridized carbons (Fsp3) is 0.346. The maximum atomic E-state index is 12.6. The van der Waals surface area contributed by atoms with Crippen molar-refractivity contribution in [2.24, 2.45) is 0 Å². The van der Waals surface area contributed by atoms with Crippen molar-refractivity contribution >= 4 is 24.5 Å². The lowest BCUT2D eigenvalue weighted by molar-refractivity contribution is -0.228. The van der Waals surface area contributed by atoms with Crippen molar-refractivity contribution in [3.8, 4) is 11.1 Å². The molecule has 3 rings (SSSR count). The Morgan fingerprint density at radius 1 is 0.970 bits per heavy atom. The van der Waals surface area contributed by atoms with Crippen molar-refractivity contribution < 1.29 is 23.3 Å². The van der Waals surface area contributed by atoms with Crippen LogP contribution in [0.3, 0.4) is 0 Å². The fourth-order valence-corrected chi connectivity index (χ4v) is 4.67. The van der Waals surface area contributed by atoms with Gasteiger partial charge in [-0.05, 0) is 60.6 Å². The molecule has 0 saturated carbocycles. The van der Waals surface area contributed by atoms with E-state index in [-0.39, 0.29) is 12.5 Å². The Kier molecular flexibility index (Phi) is 9.21. The Balaban J connectivity index is 1.51. The van der Waals surface area contributed by atoms with Crippen LogP contribution in [-0.2, 0) is 24.8 Å². The Labute approximate surface area is 195 Å². The summed E-state index contributed by atoms with van der Waals surface area (Å²) in [5.41, 5.74) is 3.17. The van der Waals surface area contributed by atoms with Gasteiger partial charge in [0.05, 0.1) is 19.1 Å². The first-order chi connectivity index (χ1) is 15.9. The summed E-state index contributed by atoms with van der Waals surface area (Å²) in [6.07, 6.45) is 1.92. The van der Waals surface area contributed by atoms with Crippen LogP contribution in [0.1, 0.15) is 38.7 Å². The predicted molar refractivity (Wildman–Crippen MR) is 130 cm³/mol. The van der Waals surface area contributed by atoms with Crippen LogP contribution in [0.25, 0.3) is 21.9 Å². The summed E-state index contributed by atoms with van der Waals surface area (Å²) in [7, 11) is -4.23. The van der Waals surface area contributed by atoms with Gasteiger partial charge >= 0.3 is 0 Å². The summed E-state index contributed by atoms with van der Waals surface area (Å²) in [5, 5.41) is 5.24. The lowest BCUT2D eigenvalue weighted by Gasteiger charge is -2.24. The molecule has 0 saturated heterocycles. The van der Waals surface area contributed by atoms with Crippen molar-refractivity contribution in [1.82, 2.24) is 5.32 Å². The summed E-state index contributed by atoms with van der Waals surface area (Å²) in [6, 6.07) is 22.4. The van der Waals surface area contributed by atoms with E-state index in [0.29, 0.717) is 19.4 Å². The molecule has 1 unspecified atom stereocenters. The van der Waals surface area contributed by atoms with E-state index in [1.165, 1.54) is 0 Å². The lowest BCUT2D eigenvalue weighted by atomic mass is 9.92. The second-order valence-corrected chi connectivity index (χ2v) is 9.57. The highest BCUT2D eigenvalue weighted by Gasteiger charge is 2.13. The van der Waals surface area contributed by atoms with Gasteiger partial charge in [0, 0.05) is 6.54 Å². The molecule has 0 spiro atoms. The van der Waals surface area contributed by atoms with Crippen LogP contribution < -0.4 is 10.2 Å². The number of phosphoric acid groups is 1. The maximum Gasteiger partial charge on any atom is 0.268 e. The van der Waals surface area contributed by atoms with Crippen LogP contribution in [0.4, 0.5) is 0 Å². The highest BCUT2D eigenvalue weighted by Crippen LogP contribution is 2.39. The first kappa shape index (κ1) is 25.1. The number of hydrogen-bond acceptors (Lipinski definition) is 5. The highest BCUT2D eigenvalue weighted by molar-refractivity contribution is 7.45. The number of benzene rings is 3. The van der Waals surface area contributed by atoms with Gasteiger partial charge in [-0.1, -0.05) is 66.7 Å². The van der Waals surface area contributed by atoms with Gasteiger partial charge in [0.15, 0.2) is 0 Å². The number of unbranched alkanes of at least 4 members (excludes halogenated alkanes) is 2. The van der Waals surface area contributed by atoms with Crippen LogP contribution in [0.15, 0.2) is 66.7 Å². The van der Waals surface area contributed by atoms with Crippen LogP contribution in [0, 0.1) is 0 Å². The number of fused-ring (bicyclic) bond motifs is 1. The molecule has 7 heteroatoms. The third kappa shape index (κ3) is 7.79. The van der Waals surface area contributed by atoms with Crippen LogP contribution in [0.2, 0.25) is 0 Å². The first-order valence-electron chi connectivity index (χ1n) is 11.3. The smallest absolute Gasteiger partial charge is 0.268 e. The van der Waals surface area contributed by atoms with Gasteiger partial charge in [-0.3, -0.25) is 9.36 Å². The average Bonchev–Trinajstić information content (AvgIpc) is 2.78. The monoisotopic (exact) mass is 468 g/mol. The maximum absolute atomic E-state index is 12.6. The zero-order chi connectivity index (χ0) is 23.7. The third-order valence-corrected chi connectivity index (χ3v) is 6.34. The van der Waals surface area contributed by atoms with E-state index in [9.17, 15) is 14.3 Å². The number of phosphoric ester groups is 1. The lowest BCUT2D eigenvalue weighted by Crippen LogP contribution is -2.26. The summed E-state index contributed by atoms with van der Waals surface area (Å²) < 4.78 is 21.1. The Morgan fingerprint density at radius 2 is 1.70 bits per heavy atom. The Hall–Kier alpha value is -2.50. The zero-order valence-corrected chi connectivity index (χ0v) is 20.1. The minimum Gasteiger partial charge on any atom is -0.756 e. The molecule has 0 aliphatic rings. The fourth-order valence-electron chi connectivity index (χ4n) is 3.74. The molecule has 0 bridgehead atoms. The standard InChI is InChI=1S/C26H32NO5P/c1-20(2)32-33(29,30)31-18-10-4-9-17-27-25(28)19-23-16-15-21-11-7-8-14-24(21)26(23)22-12-5-3-6-13-22/h3,5-8,11-16,20H,4,9-10,17-19H2,1-2H3,(H,27,28)(H,29,30)/p-1. The largest absolute Gasteiger partial charge is 0.756 e. The van der Waals surface area contributed by atoms with Gasteiger partial charge in [0.1, 0.15) is 0 Å². The summed E-state index contributed by atoms with van der Waals surface area (Å²) in [6.45, 7) is 3.89. The van der Waals surface area contributed by atoms with Gasteiger partial charge in [0.25, 0.3) is 7.82 Å². The third-order valence-electron chi connectivity index (χ3n) is 5.16. The summed E-state index contributed by atoms with van der Waals surface area (Å²) in [4.78, 5) is 24.2. The summed E-state index contributed by atoms with van der Waals surface area (Å²) in [5.74, 6) is -0.0342. The average molecular weight is 469 g/mol. The molecule has 1 N–H and O–H groups in total. The van der Waals surface area contributed by atoms with E-state index in [2.05, 4.69) is 35.6 Å². The molecule has 1 atom stereocenters. The molecular formula is C26H31NO5P-. The van der Waals surface area contributed by atoms with Crippen molar-refractivity contribution in [3.63, 3.8) is 0 Å². The number of carbonyl (C=O) groups is 1. The van der Waals surface area contributed by atoms with Crippen molar-refractivity contribution in [2.75, 3.05) is 13.2 Å².